The molecule has 0 amide bonds. The Bertz CT molecular complexity index is 2120. The summed E-state index contributed by atoms with van der Waals surface area (Å²) in [7, 11) is 1.67. The SMILES string of the molecule is COc1cccc(/C=C2/CCN3[C@@H](CCC2=O)C[C@]24CN5CCCC/C=C\CC[C@](O)(C=C(c6nccc7c6[nH]c6c(O)cccc67)[C@@H]2CC5)[C@H]34)c1. The van der Waals surface area contributed by atoms with Gasteiger partial charge in [0.25, 0.3) is 0 Å². The second-order valence-corrected chi connectivity index (χ2v) is 16.0. The van der Waals surface area contributed by atoms with Crippen LogP contribution in [0.1, 0.15) is 75.5 Å². The van der Waals surface area contributed by atoms with E-state index in [0.29, 0.717) is 19.3 Å². The van der Waals surface area contributed by atoms with E-state index in [1.165, 1.54) is 12.8 Å². The Hall–Kier alpha value is -4.24. The van der Waals surface area contributed by atoms with Crippen molar-refractivity contribution in [2.75, 3.05) is 33.3 Å². The summed E-state index contributed by atoms with van der Waals surface area (Å²) in [5.41, 5.74) is 4.20. The van der Waals surface area contributed by atoms with Crippen LogP contribution in [0.4, 0.5) is 0 Å². The predicted octanol–water partition coefficient (Wildman–Crippen LogP) is 7.67. The van der Waals surface area contributed by atoms with Crippen molar-refractivity contribution in [1.82, 2.24) is 19.8 Å². The zero-order chi connectivity index (χ0) is 35.5. The Balaban J connectivity index is 1.18. The number of methoxy groups -OCH3 is 1. The van der Waals surface area contributed by atoms with Gasteiger partial charge in [0.15, 0.2) is 5.78 Å². The van der Waals surface area contributed by atoms with Crippen LogP contribution in [-0.2, 0) is 4.79 Å². The topological polar surface area (TPSA) is 102 Å². The number of aromatic amines is 1. The fraction of sp³-hybridized carbons (Fsp3) is 0.455. The fourth-order valence-electron chi connectivity index (χ4n) is 10.9. The van der Waals surface area contributed by atoms with Crippen molar-refractivity contribution in [2.45, 2.75) is 81.9 Å². The monoisotopic (exact) mass is 698 g/mol. The van der Waals surface area contributed by atoms with Gasteiger partial charge in [-0.1, -0.05) is 36.4 Å². The molecule has 6 heterocycles. The van der Waals surface area contributed by atoms with E-state index in [9.17, 15) is 15.0 Å². The number of fused-ring (bicyclic) bond motifs is 5. The van der Waals surface area contributed by atoms with Crippen molar-refractivity contribution in [3.63, 3.8) is 0 Å². The van der Waals surface area contributed by atoms with Crippen LogP contribution in [-0.4, -0.2) is 86.7 Å². The number of phenolic OH excluding ortho intramolecular Hbond substituents is 1. The lowest BCUT2D eigenvalue weighted by Crippen LogP contribution is -2.65. The van der Waals surface area contributed by atoms with Crippen LogP contribution in [0.25, 0.3) is 33.5 Å². The van der Waals surface area contributed by atoms with Crippen molar-refractivity contribution in [3.05, 3.63) is 89.8 Å². The standard InChI is InChI=1S/C44H50N4O4/c1-52-32-11-8-10-29(25-32)24-30-17-23-48-31(14-15-37(30)49)26-43-28-47-21-7-5-3-2-4-6-19-44(51,42(43)48)27-35(36(43)18-22-47)40-41-34(16-20-45-40)33-12-9-13-38(50)39(33)46-41/h2,4,8-13,16,20,24-25,27,31,36,42,46,50-51H,3,5-7,14-15,17-19,21-23,26,28H2,1H3/b4-2-,30-24-/t31-,36-,42+,43-,44-/m0/s1. The van der Waals surface area contributed by atoms with Gasteiger partial charge in [0.05, 0.1) is 29.4 Å². The number of rotatable bonds is 3. The van der Waals surface area contributed by atoms with Crippen LogP contribution in [0.15, 0.2) is 78.5 Å². The molecule has 1 unspecified atom stereocenters. The van der Waals surface area contributed by atoms with Crippen LogP contribution in [0, 0.1) is 11.3 Å². The Morgan fingerprint density at radius 2 is 1.85 bits per heavy atom. The van der Waals surface area contributed by atoms with Gasteiger partial charge >= 0.3 is 0 Å². The highest BCUT2D eigenvalue weighted by Crippen LogP contribution is 2.62. The number of para-hydroxylation sites is 1. The molecule has 1 spiro atoms. The first kappa shape index (κ1) is 33.6. The van der Waals surface area contributed by atoms with E-state index in [1.54, 1.807) is 13.2 Å². The number of nitrogens with one attached hydrogen (secondary N) is 1. The first-order valence-corrected chi connectivity index (χ1v) is 19.4. The predicted molar refractivity (Wildman–Crippen MR) is 206 cm³/mol. The van der Waals surface area contributed by atoms with Gasteiger partial charge in [0, 0.05) is 54.0 Å². The second kappa shape index (κ2) is 13.3. The van der Waals surface area contributed by atoms with E-state index in [4.69, 9.17) is 9.72 Å². The molecule has 52 heavy (non-hydrogen) atoms. The molecule has 5 aliphatic rings. The van der Waals surface area contributed by atoms with Crippen LogP contribution in [0.3, 0.4) is 0 Å². The smallest absolute Gasteiger partial charge is 0.158 e. The van der Waals surface area contributed by atoms with E-state index in [1.807, 2.05) is 48.7 Å². The maximum Gasteiger partial charge on any atom is 0.158 e. The zero-order valence-corrected chi connectivity index (χ0v) is 30.2. The number of carbonyl (C=O) groups is 1. The van der Waals surface area contributed by atoms with Crippen LogP contribution >= 0.6 is 0 Å². The summed E-state index contributed by atoms with van der Waals surface area (Å²) >= 11 is 0. The number of piperidine rings is 1. The van der Waals surface area contributed by atoms with Gasteiger partial charge in [-0.15, -0.1) is 0 Å². The molecule has 4 aromatic rings. The largest absolute Gasteiger partial charge is 0.506 e. The molecule has 0 radical (unpaired) electrons. The summed E-state index contributed by atoms with van der Waals surface area (Å²) in [4.78, 5) is 27.8. The Morgan fingerprint density at radius 1 is 0.981 bits per heavy atom. The van der Waals surface area contributed by atoms with E-state index in [-0.39, 0.29) is 34.9 Å². The molecule has 1 aliphatic carbocycles. The summed E-state index contributed by atoms with van der Waals surface area (Å²) in [6.45, 7) is 3.76. The van der Waals surface area contributed by atoms with Crippen LogP contribution < -0.4 is 4.74 Å². The third kappa shape index (κ3) is 5.62. The molecule has 2 aromatic carbocycles. The highest BCUT2D eigenvalue weighted by atomic mass is 16.5. The molecule has 6 atom stereocenters. The average molecular weight is 699 g/mol. The molecule has 3 bridgehead atoms. The molecular formula is C44H50N4O4. The highest BCUT2D eigenvalue weighted by Gasteiger charge is 2.66. The lowest BCUT2D eigenvalue weighted by atomic mass is 9.54. The first-order chi connectivity index (χ1) is 25.4. The lowest BCUT2D eigenvalue weighted by molar-refractivity contribution is -0.116. The lowest BCUT2D eigenvalue weighted by Gasteiger charge is -2.58. The average Bonchev–Trinajstić information content (AvgIpc) is 3.69. The quantitative estimate of drug-likeness (QED) is 0.149. The molecule has 8 nitrogen and oxygen atoms in total. The number of phenols is 1. The van der Waals surface area contributed by atoms with Crippen molar-refractivity contribution in [2.24, 2.45) is 11.3 Å². The van der Waals surface area contributed by atoms with Gasteiger partial charge in [-0.2, -0.15) is 0 Å². The maximum atomic E-state index is 13.8. The summed E-state index contributed by atoms with van der Waals surface area (Å²) in [6, 6.07) is 15.8. The molecular weight excluding hydrogens is 649 g/mol. The molecule has 3 fully saturated rings. The van der Waals surface area contributed by atoms with Crippen molar-refractivity contribution in [1.29, 1.82) is 0 Å². The maximum absolute atomic E-state index is 13.8. The summed E-state index contributed by atoms with van der Waals surface area (Å²) < 4.78 is 5.48. The number of Topliss-reactive ketones (excluding diaryl/α,β-unsaturated/α-hetero) is 1. The number of H-pyrrole nitrogens is 1. The van der Waals surface area contributed by atoms with Gasteiger partial charge in [-0.25, -0.2) is 0 Å². The molecule has 270 valence electrons. The number of aliphatic hydroxyl groups is 1. The van der Waals surface area contributed by atoms with Gasteiger partial charge in [-0.05, 0) is 130 Å². The van der Waals surface area contributed by atoms with E-state index >= 15 is 0 Å². The Morgan fingerprint density at radius 3 is 2.75 bits per heavy atom. The minimum absolute atomic E-state index is 0.0760. The molecule has 3 saturated heterocycles. The summed E-state index contributed by atoms with van der Waals surface area (Å²) in [5, 5.41) is 26.2. The van der Waals surface area contributed by atoms with Crippen LogP contribution in [0.2, 0.25) is 0 Å². The normalized spacial score (nSPS) is 32.6. The minimum atomic E-state index is -1.10. The van der Waals surface area contributed by atoms with E-state index < -0.39 is 5.60 Å². The number of aromatic nitrogens is 2. The zero-order valence-electron chi connectivity index (χ0n) is 30.2. The number of hydrogen-bond acceptors (Lipinski definition) is 7. The van der Waals surface area contributed by atoms with Gasteiger partial charge in [0.2, 0.25) is 0 Å². The molecule has 3 N–H and O–H groups in total. The molecule has 9 rings (SSSR count). The molecule has 0 saturated carbocycles. The highest BCUT2D eigenvalue weighted by molar-refractivity contribution is 6.11. The Labute approximate surface area is 305 Å². The van der Waals surface area contributed by atoms with Gasteiger partial charge < -0.3 is 24.8 Å². The third-order valence-electron chi connectivity index (χ3n) is 13.1. The van der Waals surface area contributed by atoms with E-state index in [2.05, 4.69) is 39.1 Å². The van der Waals surface area contributed by atoms with Crippen molar-refractivity contribution < 1.29 is 19.7 Å². The van der Waals surface area contributed by atoms with E-state index in [0.717, 1.165) is 108 Å². The first-order valence-electron chi connectivity index (χ1n) is 19.4. The number of hydrogen-bond donors (Lipinski definition) is 3. The van der Waals surface area contributed by atoms with Crippen molar-refractivity contribution >= 4 is 39.2 Å². The Kier molecular flexibility index (Phi) is 8.60. The molecule has 2 aromatic heterocycles. The fourth-order valence-corrected chi connectivity index (χ4v) is 10.9. The number of ketones is 1. The van der Waals surface area contributed by atoms with Crippen LogP contribution in [0.5, 0.6) is 11.5 Å². The van der Waals surface area contributed by atoms with Gasteiger partial charge in [0.1, 0.15) is 11.5 Å². The van der Waals surface area contributed by atoms with Crippen molar-refractivity contribution in [3.8, 4) is 11.5 Å². The second-order valence-electron chi connectivity index (χ2n) is 16.0. The number of nitrogens with zero attached hydrogens (tertiary/aromatic N) is 3. The third-order valence-corrected chi connectivity index (χ3v) is 13.1. The number of aromatic hydroxyl groups is 1. The minimum Gasteiger partial charge on any atom is -0.506 e. The number of allylic oxidation sites excluding steroid dienone is 3. The number of pyridine rings is 1. The molecule has 8 heteroatoms. The molecule has 4 aliphatic heterocycles. The summed E-state index contributed by atoms with van der Waals surface area (Å²) in [5.74, 6) is 1.44. The number of benzene rings is 2. The summed E-state index contributed by atoms with van der Waals surface area (Å²) in [6.07, 6.45) is 19.5. The number of ether oxygens (including phenoxy) is 1. The number of carbonyl (C=O) groups excluding carboxylic acids is 1. The van der Waals surface area contributed by atoms with Gasteiger partial charge in [-0.3, -0.25) is 14.7 Å².